The van der Waals surface area contributed by atoms with Gasteiger partial charge >= 0.3 is 5.97 Å². The third kappa shape index (κ3) is 4.04. The molecule has 1 aromatic carbocycles. The predicted octanol–water partition coefficient (Wildman–Crippen LogP) is 2.12. The summed E-state index contributed by atoms with van der Waals surface area (Å²) in [4.78, 5) is 28.1. The van der Waals surface area contributed by atoms with Crippen molar-refractivity contribution in [2.45, 2.75) is 32.2 Å². The minimum Gasteiger partial charge on any atom is -0.480 e. The van der Waals surface area contributed by atoms with Crippen molar-refractivity contribution in [1.29, 1.82) is 0 Å². The second-order valence-corrected chi connectivity index (χ2v) is 6.53. The van der Waals surface area contributed by atoms with Crippen LogP contribution in [-0.2, 0) is 21.9 Å². The first-order valence-electron chi connectivity index (χ1n) is 7.39. The number of nitrogens with zero attached hydrogens (tertiary/aromatic N) is 2. The van der Waals surface area contributed by atoms with Gasteiger partial charge in [-0.15, -0.1) is 0 Å². The number of thioether (sulfide) groups is 1. The van der Waals surface area contributed by atoms with Gasteiger partial charge in [0, 0.05) is 0 Å². The summed E-state index contributed by atoms with van der Waals surface area (Å²) in [7, 11) is 0. The fourth-order valence-corrected chi connectivity index (χ4v) is 2.90. The average molecular weight is 335 g/mol. The van der Waals surface area contributed by atoms with Gasteiger partial charge in [0.2, 0.25) is 5.91 Å². The molecule has 2 N–H and O–H groups in total. The van der Waals surface area contributed by atoms with Crippen LogP contribution in [0, 0.1) is 5.92 Å². The maximum atomic E-state index is 12.3. The molecule has 0 aliphatic carbocycles. The van der Waals surface area contributed by atoms with E-state index in [1.165, 1.54) is 0 Å². The van der Waals surface area contributed by atoms with Crippen molar-refractivity contribution >= 4 is 34.7 Å². The summed E-state index contributed by atoms with van der Waals surface area (Å²) in [6, 6.07) is 6.73. The van der Waals surface area contributed by atoms with Gasteiger partial charge in [-0.25, -0.2) is 9.78 Å². The van der Waals surface area contributed by atoms with E-state index in [2.05, 4.69) is 10.3 Å². The van der Waals surface area contributed by atoms with Crippen LogP contribution in [0.15, 0.2) is 24.3 Å². The number of imidazole rings is 1. The highest BCUT2D eigenvalue weighted by Crippen LogP contribution is 2.19. The molecule has 2 rings (SSSR count). The number of fused-ring (bicyclic) bond motifs is 1. The number of benzene rings is 1. The van der Waals surface area contributed by atoms with Crippen LogP contribution in [-0.4, -0.2) is 38.8 Å². The Morgan fingerprint density at radius 3 is 2.65 bits per heavy atom. The summed E-state index contributed by atoms with van der Waals surface area (Å²) in [5.74, 6) is -0.0224. The smallest absolute Gasteiger partial charge is 0.326 e. The number of rotatable bonds is 7. The molecule has 124 valence electrons. The molecule has 0 radical (unpaired) electrons. The molecule has 0 aliphatic heterocycles. The molecule has 1 amide bonds. The number of carbonyl (C=O) groups is 2. The van der Waals surface area contributed by atoms with Crippen LogP contribution in [0.25, 0.3) is 11.0 Å². The van der Waals surface area contributed by atoms with E-state index in [4.69, 9.17) is 0 Å². The van der Waals surface area contributed by atoms with E-state index in [1.807, 2.05) is 35.1 Å². The molecule has 0 bridgehead atoms. The number of amides is 1. The van der Waals surface area contributed by atoms with Crippen molar-refractivity contribution in [2.24, 2.45) is 5.92 Å². The molecule has 0 saturated carbocycles. The second kappa shape index (κ2) is 7.50. The van der Waals surface area contributed by atoms with Crippen LogP contribution >= 0.6 is 11.8 Å². The summed E-state index contributed by atoms with van der Waals surface area (Å²) < 4.78 is 1.85. The van der Waals surface area contributed by atoms with Crippen LogP contribution in [0.5, 0.6) is 0 Å². The standard InChI is InChI=1S/C16H21N3O3S/c1-10(2)15(16(21)22)18-14(20)8-19-12-7-5-4-6-11(12)17-13(19)9-23-3/h4-7,10,15H,8-9H2,1-3H3,(H,18,20)(H,21,22)/t15-/m1/s1. The minimum absolute atomic E-state index is 0.0624. The van der Waals surface area contributed by atoms with Gasteiger partial charge in [0.1, 0.15) is 18.4 Å². The third-order valence-electron chi connectivity index (χ3n) is 3.56. The molecule has 1 atom stereocenters. The fraction of sp³-hybridized carbons (Fsp3) is 0.438. The number of aromatic nitrogens is 2. The summed E-state index contributed by atoms with van der Waals surface area (Å²) >= 11 is 1.63. The first-order chi connectivity index (χ1) is 10.9. The molecule has 1 heterocycles. The molecule has 0 unspecified atom stereocenters. The number of carboxylic acids is 1. The highest BCUT2D eigenvalue weighted by molar-refractivity contribution is 7.97. The largest absolute Gasteiger partial charge is 0.480 e. The monoisotopic (exact) mass is 335 g/mol. The molecular formula is C16H21N3O3S. The fourth-order valence-electron chi connectivity index (χ4n) is 2.42. The Balaban J connectivity index is 2.24. The molecule has 0 saturated heterocycles. The molecule has 6 nitrogen and oxygen atoms in total. The van der Waals surface area contributed by atoms with E-state index in [-0.39, 0.29) is 18.4 Å². The number of nitrogens with one attached hydrogen (secondary N) is 1. The molecule has 0 fully saturated rings. The molecule has 7 heteroatoms. The van der Waals surface area contributed by atoms with E-state index in [0.29, 0.717) is 5.75 Å². The van der Waals surface area contributed by atoms with Crippen molar-refractivity contribution < 1.29 is 14.7 Å². The Kier molecular flexibility index (Phi) is 5.65. The Bertz CT molecular complexity index is 712. The lowest BCUT2D eigenvalue weighted by Crippen LogP contribution is -2.45. The van der Waals surface area contributed by atoms with E-state index in [1.54, 1.807) is 25.6 Å². The lowest BCUT2D eigenvalue weighted by Gasteiger charge is -2.18. The van der Waals surface area contributed by atoms with Gasteiger partial charge in [-0.3, -0.25) is 4.79 Å². The van der Waals surface area contributed by atoms with Gasteiger partial charge < -0.3 is 15.0 Å². The quantitative estimate of drug-likeness (QED) is 0.810. The van der Waals surface area contributed by atoms with Crippen LogP contribution in [0.1, 0.15) is 19.7 Å². The molecule has 23 heavy (non-hydrogen) atoms. The van der Waals surface area contributed by atoms with Gasteiger partial charge in [-0.05, 0) is 24.3 Å². The molecular weight excluding hydrogens is 314 g/mol. The van der Waals surface area contributed by atoms with Gasteiger partial charge in [0.15, 0.2) is 0 Å². The van der Waals surface area contributed by atoms with E-state index in [9.17, 15) is 14.7 Å². The van der Waals surface area contributed by atoms with Crippen LogP contribution < -0.4 is 5.32 Å². The van der Waals surface area contributed by atoms with Crippen LogP contribution in [0.2, 0.25) is 0 Å². The Morgan fingerprint density at radius 1 is 1.35 bits per heavy atom. The first-order valence-corrected chi connectivity index (χ1v) is 8.78. The molecule has 2 aromatic rings. The maximum Gasteiger partial charge on any atom is 0.326 e. The zero-order chi connectivity index (χ0) is 17.0. The van der Waals surface area contributed by atoms with E-state index < -0.39 is 12.0 Å². The third-order valence-corrected chi connectivity index (χ3v) is 4.10. The summed E-state index contributed by atoms with van der Waals surface area (Å²) in [5, 5.41) is 11.8. The van der Waals surface area contributed by atoms with Crippen molar-refractivity contribution in [3.8, 4) is 0 Å². The SMILES string of the molecule is CSCc1nc2ccccc2n1CC(=O)N[C@@H](C(=O)O)C(C)C. The lowest BCUT2D eigenvalue weighted by atomic mass is 10.1. The predicted molar refractivity (Wildman–Crippen MR) is 91.4 cm³/mol. The lowest BCUT2D eigenvalue weighted by molar-refractivity contribution is -0.143. The van der Waals surface area contributed by atoms with Gasteiger partial charge in [0.25, 0.3) is 0 Å². The van der Waals surface area contributed by atoms with E-state index in [0.717, 1.165) is 16.9 Å². The molecule has 0 aliphatic rings. The Hall–Kier alpha value is -2.02. The zero-order valence-corrected chi connectivity index (χ0v) is 14.3. The Labute approximate surface area is 139 Å². The molecule has 1 aromatic heterocycles. The Morgan fingerprint density at radius 2 is 2.04 bits per heavy atom. The van der Waals surface area contributed by atoms with Gasteiger partial charge in [0.05, 0.1) is 16.8 Å². The van der Waals surface area contributed by atoms with Crippen molar-refractivity contribution in [2.75, 3.05) is 6.26 Å². The number of hydrogen-bond acceptors (Lipinski definition) is 4. The van der Waals surface area contributed by atoms with Crippen LogP contribution in [0.3, 0.4) is 0 Å². The zero-order valence-electron chi connectivity index (χ0n) is 13.4. The number of carboxylic acid groups (broad SMARTS) is 1. The summed E-state index contributed by atoms with van der Waals surface area (Å²) in [6.45, 7) is 3.60. The first kappa shape index (κ1) is 17.3. The van der Waals surface area contributed by atoms with Crippen LogP contribution in [0.4, 0.5) is 0 Å². The second-order valence-electron chi connectivity index (χ2n) is 5.66. The van der Waals surface area contributed by atoms with Gasteiger partial charge in [-0.1, -0.05) is 26.0 Å². The number of hydrogen-bond donors (Lipinski definition) is 2. The topological polar surface area (TPSA) is 84.2 Å². The van der Waals surface area contributed by atoms with Gasteiger partial charge in [-0.2, -0.15) is 11.8 Å². The van der Waals surface area contributed by atoms with Crippen molar-refractivity contribution in [1.82, 2.24) is 14.9 Å². The number of aliphatic carboxylic acids is 1. The highest BCUT2D eigenvalue weighted by Gasteiger charge is 2.24. The number of para-hydroxylation sites is 2. The minimum atomic E-state index is -1.02. The number of carbonyl (C=O) groups excluding carboxylic acids is 1. The molecule has 0 spiro atoms. The summed E-state index contributed by atoms with van der Waals surface area (Å²) in [6.07, 6.45) is 1.98. The van der Waals surface area contributed by atoms with Crippen molar-refractivity contribution in [3.63, 3.8) is 0 Å². The van der Waals surface area contributed by atoms with E-state index >= 15 is 0 Å². The van der Waals surface area contributed by atoms with Crippen molar-refractivity contribution in [3.05, 3.63) is 30.1 Å². The average Bonchev–Trinajstić information content (AvgIpc) is 2.82. The highest BCUT2D eigenvalue weighted by atomic mass is 32.2. The normalized spacial score (nSPS) is 12.5. The summed E-state index contributed by atoms with van der Waals surface area (Å²) in [5.41, 5.74) is 1.71. The maximum absolute atomic E-state index is 12.3.